The van der Waals surface area contributed by atoms with Crippen LogP contribution in [-0.2, 0) is 11.3 Å². The minimum Gasteiger partial charge on any atom is -0.393 e. The van der Waals surface area contributed by atoms with E-state index in [4.69, 9.17) is 5.73 Å². The first-order valence-corrected chi connectivity index (χ1v) is 7.21. The number of halogens is 1. The first kappa shape index (κ1) is 16.4. The van der Waals surface area contributed by atoms with E-state index in [2.05, 4.69) is 5.32 Å². The summed E-state index contributed by atoms with van der Waals surface area (Å²) in [6.07, 6.45) is 1.08. The Morgan fingerprint density at radius 3 is 2.64 bits per heavy atom. The number of nitrogens with zero attached hydrogens (tertiary/aromatic N) is 1. The quantitative estimate of drug-likeness (QED) is 0.713. The monoisotopic (exact) mass is 309 g/mol. The van der Waals surface area contributed by atoms with E-state index in [0.29, 0.717) is 31.5 Å². The van der Waals surface area contributed by atoms with Gasteiger partial charge >= 0.3 is 0 Å². The summed E-state index contributed by atoms with van der Waals surface area (Å²) >= 11 is 0. The summed E-state index contributed by atoms with van der Waals surface area (Å²) in [5.74, 6) is -1.67. The van der Waals surface area contributed by atoms with Crippen molar-refractivity contribution >= 4 is 11.8 Å². The Bertz CT molecular complexity index is 557. The number of nitrogens with one attached hydrogen (secondary N) is 1. The molecule has 1 aliphatic rings. The molecule has 2 amide bonds. The predicted octanol–water partition coefficient (Wildman–Crippen LogP) is -0.00250. The van der Waals surface area contributed by atoms with Crippen molar-refractivity contribution in [3.05, 3.63) is 35.1 Å². The van der Waals surface area contributed by atoms with Gasteiger partial charge in [-0.2, -0.15) is 0 Å². The predicted molar refractivity (Wildman–Crippen MR) is 78.4 cm³/mol. The number of rotatable bonds is 5. The lowest BCUT2D eigenvalue weighted by atomic mass is 10.1. The van der Waals surface area contributed by atoms with Crippen LogP contribution in [0.15, 0.2) is 18.2 Å². The number of likely N-dealkylation sites (tertiary alicyclic amines) is 1. The Labute approximate surface area is 128 Å². The van der Waals surface area contributed by atoms with Crippen molar-refractivity contribution in [2.45, 2.75) is 25.5 Å². The number of aliphatic hydroxyl groups is 1. The molecule has 0 radical (unpaired) electrons. The van der Waals surface area contributed by atoms with E-state index in [1.54, 1.807) is 6.07 Å². The van der Waals surface area contributed by atoms with Gasteiger partial charge in [-0.1, -0.05) is 6.07 Å². The second-order valence-electron chi connectivity index (χ2n) is 5.46. The average Bonchev–Trinajstić information content (AvgIpc) is 2.47. The summed E-state index contributed by atoms with van der Waals surface area (Å²) in [6, 6.07) is 4.06. The van der Waals surface area contributed by atoms with Gasteiger partial charge in [-0.15, -0.1) is 0 Å². The van der Waals surface area contributed by atoms with Gasteiger partial charge in [0.2, 0.25) is 5.91 Å². The highest BCUT2D eigenvalue weighted by atomic mass is 19.1. The van der Waals surface area contributed by atoms with Crippen LogP contribution in [-0.4, -0.2) is 47.6 Å². The van der Waals surface area contributed by atoms with E-state index in [1.807, 2.05) is 4.90 Å². The van der Waals surface area contributed by atoms with Gasteiger partial charge in [-0.25, -0.2) is 4.39 Å². The van der Waals surface area contributed by atoms with Crippen molar-refractivity contribution in [3.8, 4) is 0 Å². The highest BCUT2D eigenvalue weighted by Gasteiger charge is 2.18. The third-order valence-corrected chi connectivity index (χ3v) is 3.71. The van der Waals surface area contributed by atoms with Gasteiger partial charge in [-0.05, 0) is 30.5 Å². The van der Waals surface area contributed by atoms with Crippen molar-refractivity contribution in [1.82, 2.24) is 10.2 Å². The first-order chi connectivity index (χ1) is 10.5. The summed E-state index contributed by atoms with van der Waals surface area (Å²) < 4.78 is 13.6. The largest absolute Gasteiger partial charge is 0.393 e. The van der Waals surface area contributed by atoms with E-state index in [9.17, 15) is 19.1 Å². The lowest BCUT2D eigenvalue weighted by Gasteiger charge is -2.28. The number of benzene rings is 1. The fourth-order valence-electron chi connectivity index (χ4n) is 2.41. The van der Waals surface area contributed by atoms with Crippen LogP contribution in [0.5, 0.6) is 0 Å². The number of hydrogen-bond acceptors (Lipinski definition) is 4. The molecule has 0 spiro atoms. The molecule has 1 aromatic carbocycles. The Balaban J connectivity index is 1.81. The molecule has 120 valence electrons. The Kier molecular flexibility index (Phi) is 5.46. The van der Waals surface area contributed by atoms with E-state index >= 15 is 0 Å². The average molecular weight is 309 g/mol. The second-order valence-corrected chi connectivity index (χ2v) is 5.46. The van der Waals surface area contributed by atoms with E-state index < -0.39 is 11.7 Å². The maximum Gasteiger partial charge on any atom is 0.251 e. The standard InChI is InChI=1S/C15H20FN3O3/c16-13-7-10(1-2-12(13)15(17)22)8-18-14(21)9-19-5-3-11(20)4-6-19/h1-2,7,11,20H,3-6,8-9H2,(H2,17,22)(H,18,21). The Morgan fingerprint density at radius 1 is 1.36 bits per heavy atom. The van der Waals surface area contributed by atoms with Crippen molar-refractivity contribution in [1.29, 1.82) is 0 Å². The Hall–Kier alpha value is -1.99. The van der Waals surface area contributed by atoms with Crippen molar-refractivity contribution in [3.63, 3.8) is 0 Å². The van der Waals surface area contributed by atoms with Gasteiger partial charge in [-0.3, -0.25) is 14.5 Å². The molecule has 6 nitrogen and oxygen atoms in total. The number of amides is 2. The topological polar surface area (TPSA) is 95.7 Å². The molecule has 4 N–H and O–H groups in total. The Morgan fingerprint density at radius 2 is 2.05 bits per heavy atom. The zero-order valence-corrected chi connectivity index (χ0v) is 12.2. The number of aliphatic hydroxyl groups excluding tert-OH is 1. The third kappa shape index (κ3) is 4.51. The zero-order chi connectivity index (χ0) is 16.1. The first-order valence-electron chi connectivity index (χ1n) is 7.21. The van der Waals surface area contributed by atoms with Gasteiger partial charge in [0, 0.05) is 19.6 Å². The molecule has 0 aliphatic carbocycles. The van der Waals surface area contributed by atoms with Crippen molar-refractivity contribution in [2.75, 3.05) is 19.6 Å². The van der Waals surface area contributed by atoms with Gasteiger partial charge in [0.15, 0.2) is 0 Å². The number of carbonyl (C=O) groups is 2. The van der Waals surface area contributed by atoms with E-state index in [0.717, 1.165) is 0 Å². The number of nitrogens with two attached hydrogens (primary N) is 1. The van der Waals surface area contributed by atoms with Crippen molar-refractivity contribution < 1.29 is 19.1 Å². The van der Waals surface area contributed by atoms with Crippen LogP contribution in [0.2, 0.25) is 0 Å². The third-order valence-electron chi connectivity index (χ3n) is 3.71. The second kappa shape index (κ2) is 7.33. The molecule has 1 saturated heterocycles. The lowest BCUT2D eigenvalue weighted by molar-refractivity contribution is -0.123. The number of primary amides is 1. The van der Waals surface area contributed by atoms with E-state index in [1.165, 1.54) is 12.1 Å². The molecule has 0 aromatic heterocycles. The molecule has 0 bridgehead atoms. The van der Waals surface area contributed by atoms with Crippen LogP contribution >= 0.6 is 0 Å². The van der Waals surface area contributed by atoms with Gasteiger partial charge in [0.1, 0.15) is 5.82 Å². The minimum atomic E-state index is -0.819. The molecule has 0 saturated carbocycles. The van der Waals surface area contributed by atoms with Crippen LogP contribution in [0.1, 0.15) is 28.8 Å². The molecule has 1 aromatic rings. The smallest absolute Gasteiger partial charge is 0.251 e. The summed E-state index contributed by atoms with van der Waals surface area (Å²) in [5, 5.41) is 12.1. The van der Waals surface area contributed by atoms with Crippen LogP contribution in [0.3, 0.4) is 0 Å². The zero-order valence-electron chi connectivity index (χ0n) is 12.2. The van der Waals surface area contributed by atoms with Crippen LogP contribution in [0.25, 0.3) is 0 Å². The summed E-state index contributed by atoms with van der Waals surface area (Å²) in [4.78, 5) is 24.7. The van der Waals surface area contributed by atoms with Crippen LogP contribution in [0, 0.1) is 5.82 Å². The molecule has 1 aliphatic heterocycles. The number of piperidine rings is 1. The number of hydrogen-bond donors (Lipinski definition) is 3. The van der Waals surface area contributed by atoms with Gasteiger partial charge in [0.25, 0.3) is 5.91 Å². The molecular formula is C15H20FN3O3. The molecular weight excluding hydrogens is 289 g/mol. The molecule has 2 rings (SSSR count). The molecule has 1 heterocycles. The fraction of sp³-hybridized carbons (Fsp3) is 0.467. The minimum absolute atomic E-state index is 0.157. The van der Waals surface area contributed by atoms with Crippen molar-refractivity contribution in [2.24, 2.45) is 5.73 Å². The maximum absolute atomic E-state index is 13.6. The summed E-state index contributed by atoms with van der Waals surface area (Å²) in [5.41, 5.74) is 5.42. The molecule has 0 unspecified atom stereocenters. The molecule has 22 heavy (non-hydrogen) atoms. The molecule has 7 heteroatoms. The maximum atomic E-state index is 13.6. The summed E-state index contributed by atoms with van der Waals surface area (Å²) in [6.45, 7) is 1.83. The fourth-order valence-corrected chi connectivity index (χ4v) is 2.41. The van der Waals surface area contributed by atoms with Crippen LogP contribution < -0.4 is 11.1 Å². The normalized spacial score (nSPS) is 16.5. The van der Waals surface area contributed by atoms with Gasteiger partial charge in [0.05, 0.1) is 18.2 Å². The van der Waals surface area contributed by atoms with Crippen LogP contribution in [0.4, 0.5) is 4.39 Å². The SMILES string of the molecule is NC(=O)c1ccc(CNC(=O)CN2CCC(O)CC2)cc1F. The van der Waals surface area contributed by atoms with Gasteiger partial charge < -0.3 is 16.2 Å². The molecule has 1 fully saturated rings. The highest BCUT2D eigenvalue weighted by Crippen LogP contribution is 2.11. The lowest BCUT2D eigenvalue weighted by Crippen LogP contribution is -2.42. The summed E-state index contributed by atoms with van der Waals surface area (Å²) in [7, 11) is 0. The van der Waals surface area contributed by atoms with E-state index in [-0.39, 0.29) is 30.7 Å². The number of carbonyl (C=O) groups excluding carboxylic acids is 2. The highest BCUT2D eigenvalue weighted by molar-refractivity contribution is 5.93. The molecule has 0 atom stereocenters.